The number of aryl methyl sites for hydroxylation is 1. The van der Waals surface area contributed by atoms with Crippen LogP contribution in [-0.4, -0.2) is 43.7 Å². The smallest absolute Gasteiger partial charge is 0.303 e. The first-order valence-electron chi connectivity index (χ1n) is 7.51. The number of piperidine rings is 1. The summed E-state index contributed by atoms with van der Waals surface area (Å²) >= 11 is 0. The number of carboxylic acids is 1. The molecule has 0 spiro atoms. The van der Waals surface area contributed by atoms with E-state index in [-0.39, 0.29) is 18.4 Å². The monoisotopic (exact) mass is 305 g/mol. The largest absolute Gasteiger partial charge is 0.481 e. The highest BCUT2D eigenvalue weighted by Gasteiger charge is 2.18. The lowest BCUT2D eigenvalue weighted by Crippen LogP contribution is -2.30. The van der Waals surface area contributed by atoms with Crippen molar-refractivity contribution < 1.29 is 9.90 Å². The number of nitrogens with zero attached hydrogens (tertiary/aromatic N) is 4. The Hall–Kier alpha value is -2.38. The number of aromatic amines is 1. The quantitative estimate of drug-likeness (QED) is 0.863. The number of aliphatic carboxylic acids is 1. The number of carboxylic acid groups (broad SMARTS) is 1. The zero-order valence-electron chi connectivity index (χ0n) is 12.5. The number of H-pyrrole nitrogens is 1. The van der Waals surface area contributed by atoms with Gasteiger partial charge in [0.15, 0.2) is 0 Å². The molecule has 118 valence electrons. The van der Waals surface area contributed by atoms with E-state index in [4.69, 9.17) is 5.11 Å². The predicted molar refractivity (Wildman–Crippen MR) is 80.4 cm³/mol. The van der Waals surface area contributed by atoms with Gasteiger partial charge in [0.1, 0.15) is 0 Å². The third-order valence-corrected chi connectivity index (χ3v) is 4.03. The first-order valence-corrected chi connectivity index (χ1v) is 7.51. The van der Waals surface area contributed by atoms with Crippen LogP contribution in [0.15, 0.2) is 4.79 Å². The van der Waals surface area contributed by atoms with Crippen LogP contribution < -0.4 is 10.5 Å². The molecule has 1 aliphatic rings. The van der Waals surface area contributed by atoms with Crippen molar-refractivity contribution in [3.05, 3.63) is 21.6 Å². The first kappa shape index (κ1) is 14.6. The van der Waals surface area contributed by atoms with Gasteiger partial charge in [-0.1, -0.05) is 0 Å². The molecule has 0 atom stereocenters. The molecule has 0 aliphatic carbocycles. The molecule has 3 rings (SSSR count). The maximum absolute atomic E-state index is 12.5. The van der Waals surface area contributed by atoms with E-state index in [9.17, 15) is 9.59 Å². The Morgan fingerprint density at radius 2 is 2.00 bits per heavy atom. The molecule has 8 nitrogen and oxygen atoms in total. The summed E-state index contributed by atoms with van der Waals surface area (Å²) in [5.41, 5.74) is 0.705. The SMILES string of the molecule is Cc1nc2nc(N3CCCCC3)[nH]n2c(=O)c1CCC(=O)O. The summed E-state index contributed by atoms with van der Waals surface area (Å²) in [6.45, 7) is 3.55. The lowest BCUT2D eigenvalue weighted by Gasteiger charge is -2.25. The molecule has 2 aromatic rings. The summed E-state index contributed by atoms with van der Waals surface area (Å²) in [4.78, 5) is 34.1. The highest BCUT2D eigenvalue weighted by Crippen LogP contribution is 2.16. The lowest BCUT2D eigenvalue weighted by molar-refractivity contribution is -0.136. The third-order valence-electron chi connectivity index (χ3n) is 4.03. The van der Waals surface area contributed by atoms with Crippen LogP contribution in [-0.2, 0) is 11.2 Å². The van der Waals surface area contributed by atoms with Gasteiger partial charge >= 0.3 is 5.97 Å². The van der Waals surface area contributed by atoms with Crippen molar-refractivity contribution in [2.24, 2.45) is 0 Å². The standard InChI is InChI=1S/C14H19N5O3/c1-9-10(5-6-11(20)21)12(22)19-13(15-9)16-14(17-19)18-7-3-2-4-8-18/h2-8H2,1H3,(H,20,21)(H,15,16,17). The molecule has 1 saturated heterocycles. The molecule has 0 bridgehead atoms. The van der Waals surface area contributed by atoms with Crippen LogP contribution in [0.1, 0.15) is 36.9 Å². The number of carbonyl (C=O) groups is 1. The van der Waals surface area contributed by atoms with E-state index in [1.807, 2.05) is 0 Å². The maximum atomic E-state index is 12.5. The minimum Gasteiger partial charge on any atom is -0.481 e. The van der Waals surface area contributed by atoms with E-state index in [1.165, 1.54) is 10.9 Å². The second-order valence-electron chi connectivity index (χ2n) is 5.60. The van der Waals surface area contributed by atoms with E-state index in [0.717, 1.165) is 25.9 Å². The van der Waals surface area contributed by atoms with Crippen LogP contribution in [0.2, 0.25) is 0 Å². The average molecular weight is 305 g/mol. The van der Waals surface area contributed by atoms with Gasteiger partial charge in [-0.2, -0.15) is 9.50 Å². The van der Waals surface area contributed by atoms with Gasteiger partial charge in [0.05, 0.1) is 5.69 Å². The molecule has 8 heteroatoms. The van der Waals surface area contributed by atoms with Gasteiger partial charge in [0.25, 0.3) is 11.3 Å². The molecule has 1 fully saturated rings. The topological polar surface area (TPSA) is 104 Å². The molecule has 0 radical (unpaired) electrons. The van der Waals surface area contributed by atoms with E-state index < -0.39 is 5.97 Å². The normalized spacial score (nSPS) is 15.4. The fraction of sp³-hybridized carbons (Fsp3) is 0.571. The van der Waals surface area contributed by atoms with Crippen molar-refractivity contribution in [1.82, 2.24) is 19.6 Å². The molecule has 1 aliphatic heterocycles. The van der Waals surface area contributed by atoms with Crippen LogP contribution in [0, 0.1) is 6.92 Å². The zero-order chi connectivity index (χ0) is 15.7. The number of hydrogen-bond acceptors (Lipinski definition) is 5. The van der Waals surface area contributed by atoms with Crippen LogP contribution in [0.3, 0.4) is 0 Å². The van der Waals surface area contributed by atoms with Crippen LogP contribution in [0.25, 0.3) is 5.78 Å². The van der Waals surface area contributed by atoms with Crippen molar-refractivity contribution >= 4 is 17.7 Å². The number of fused-ring (bicyclic) bond motifs is 1. The summed E-state index contributed by atoms with van der Waals surface area (Å²) in [6, 6.07) is 0. The lowest BCUT2D eigenvalue weighted by atomic mass is 10.1. The van der Waals surface area contributed by atoms with Crippen molar-refractivity contribution in [2.75, 3.05) is 18.0 Å². The van der Waals surface area contributed by atoms with Crippen LogP contribution >= 0.6 is 0 Å². The highest BCUT2D eigenvalue weighted by atomic mass is 16.4. The summed E-state index contributed by atoms with van der Waals surface area (Å²) in [5.74, 6) is 0.0590. The molecule has 22 heavy (non-hydrogen) atoms. The molecule has 2 aromatic heterocycles. The summed E-state index contributed by atoms with van der Waals surface area (Å²) in [5, 5.41) is 11.8. The predicted octanol–water partition coefficient (Wildman–Crippen LogP) is 0.734. The van der Waals surface area contributed by atoms with Crippen molar-refractivity contribution in [3.63, 3.8) is 0 Å². The Kier molecular flexibility index (Phi) is 3.82. The van der Waals surface area contributed by atoms with Crippen molar-refractivity contribution in [2.45, 2.75) is 39.0 Å². The van der Waals surface area contributed by atoms with Crippen molar-refractivity contribution in [3.8, 4) is 0 Å². The number of aromatic nitrogens is 4. The van der Waals surface area contributed by atoms with Gasteiger partial charge in [-0.15, -0.1) is 0 Å². The molecular weight excluding hydrogens is 286 g/mol. The maximum Gasteiger partial charge on any atom is 0.303 e. The Morgan fingerprint density at radius 3 is 2.68 bits per heavy atom. The summed E-state index contributed by atoms with van der Waals surface area (Å²) in [6.07, 6.45) is 3.53. The van der Waals surface area contributed by atoms with Crippen molar-refractivity contribution in [1.29, 1.82) is 0 Å². The second kappa shape index (κ2) is 5.78. The van der Waals surface area contributed by atoms with E-state index in [2.05, 4.69) is 20.0 Å². The molecule has 2 N–H and O–H groups in total. The van der Waals surface area contributed by atoms with Crippen LogP contribution in [0.4, 0.5) is 5.95 Å². The Morgan fingerprint density at radius 1 is 1.27 bits per heavy atom. The molecule has 3 heterocycles. The number of hydrogen-bond donors (Lipinski definition) is 2. The molecule has 0 saturated carbocycles. The molecule has 0 aromatic carbocycles. The fourth-order valence-electron chi connectivity index (χ4n) is 2.81. The Bertz CT molecular complexity index is 758. The summed E-state index contributed by atoms with van der Waals surface area (Å²) in [7, 11) is 0. The highest BCUT2D eigenvalue weighted by molar-refractivity contribution is 5.67. The minimum atomic E-state index is -0.928. The molecule has 0 unspecified atom stereocenters. The van der Waals surface area contributed by atoms with Gasteiger partial charge in [-0.05, 0) is 32.6 Å². The summed E-state index contributed by atoms with van der Waals surface area (Å²) < 4.78 is 1.31. The van der Waals surface area contributed by atoms with E-state index >= 15 is 0 Å². The van der Waals surface area contributed by atoms with Gasteiger partial charge in [0.2, 0.25) is 5.95 Å². The number of anilines is 1. The van der Waals surface area contributed by atoms with E-state index in [0.29, 0.717) is 23.0 Å². The van der Waals surface area contributed by atoms with E-state index in [1.54, 1.807) is 6.92 Å². The van der Waals surface area contributed by atoms with Gasteiger partial charge in [0, 0.05) is 25.1 Å². The zero-order valence-corrected chi connectivity index (χ0v) is 12.5. The number of rotatable bonds is 4. The van der Waals surface area contributed by atoms with Gasteiger partial charge in [-0.25, -0.2) is 4.98 Å². The van der Waals surface area contributed by atoms with Gasteiger partial charge < -0.3 is 10.0 Å². The minimum absolute atomic E-state index is 0.0864. The molecule has 0 amide bonds. The van der Waals surface area contributed by atoms with Gasteiger partial charge in [-0.3, -0.25) is 14.7 Å². The Labute approximate surface area is 126 Å². The fourth-order valence-corrected chi connectivity index (χ4v) is 2.81. The number of nitrogens with one attached hydrogen (secondary N) is 1. The molecular formula is C14H19N5O3. The first-order chi connectivity index (χ1) is 10.6. The average Bonchev–Trinajstić information content (AvgIpc) is 2.92. The third kappa shape index (κ3) is 2.68. The Balaban J connectivity index is 1.99. The second-order valence-corrected chi connectivity index (χ2v) is 5.60. The van der Waals surface area contributed by atoms with Crippen LogP contribution in [0.5, 0.6) is 0 Å².